The first kappa shape index (κ1) is 13.2. The molecule has 0 aliphatic carbocycles. The van der Waals surface area contributed by atoms with Crippen LogP contribution in [0, 0.1) is 0 Å². The first-order valence-corrected chi connectivity index (χ1v) is 6.72. The molecule has 18 heavy (non-hydrogen) atoms. The maximum atomic E-state index is 5.76. The van der Waals surface area contributed by atoms with E-state index in [-0.39, 0.29) is 5.60 Å². The molecule has 1 heterocycles. The fourth-order valence-corrected chi connectivity index (χ4v) is 1.77. The third-order valence-corrected chi connectivity index (χ3v) is 3.08. The molecule has 1 atom stereocenters. The van der Waals surface area contributed by atoms with Crippen LogP contribution in [-0.2, 0) is 11.2 Å². The van der Waals surface area contributed by atoms with E-state index in [0.29, 0.717) is 6.61 Å². The number of epoxide rings is 1. The topological polar surface area (TPSA) is 21.8 Å². The third kappa shape index (κ3) is 4.19. The van der Waals surface area contributed by atoms with Gasteiger partial charge in [-0.1, -0.05) is 31.2 Å². The van der Waals surface area contributed by atoms with E-state index < -0.39 is 0 Å². The van der Waals surface area contributed by atoms with Gasteiger partial charge in [0.15, 0.2) is 0 Å². The van der Waals surface area contributed by atoms with Gasteiger partial charge in [0.1, 0.15) is 18.0 Å². The molecule has 0 bridgehead atoms. The summed E-state index contributed by atoms with van der Waals surface area (Å²) in [6.45, 7) is 5.69. The van der Waals surface area contributed by atoms with Gasteiger partial charge in [-0.2, -0.15) is 0 Å². The molecule has 2 nitrogen and oxygen atoms in total. The second-order valence-corrected chi connectivity index (χ2v) is 5.09. The second-order valence-electron chi connectivity index (χ2n) is 5.09. The minimum atomic E-state index is -0.0418. The number of benzene rings is 1. The summed E-state index contributed by atoms with van der Waals surface area (Å²) >= 11 is 0. The van der Waals surface area contributed by atoms with Gasteiger partial charge in [-0.3, -0.25) is 0 Å². The van der Waals surface area contributed by atoms with Crippen molar-refractivity contribution in [2.45, 2.75) is 38.7 Å². The molecule has 2 rings (SSSR count). The lowest BCUT2D eigenvalue weighted by molar-refractivity contribution is 0.202. The summed E-state index contributed by atoms with van der Waals surface area (Å²) < 4.78 is 11.1. The van der Waals surface area contributed by atoms with Gasteiger partial charge in [0.05, 0.1) is 6.61 Å². The quantitative estimate of drug-likeness (QED) is 0.540. The molecule has 0 saturated carbocycles. The summed E-state index contributed by atoms with van der Waals surface area (Å²) in [6.07, 6.45) is 7.74. The predicted molar refractivity (Wildman–Crippen MR) is 74.0 cm³/mol. The third-order valence-electron chi connectivity index (χ3n) is 3.08. The number of allylic oxidation sites excluding steroid dienone is 2. The first-order chi connectivity index (χ1) is 8.72. The Morgan fingerprint density at radius 2 is 2.22 bits per heavy atom. The van der Waals surface area contributed by atoms with Crippen molar-refractivity contribution in [2.24, 2.45) is 0 Å². The van der Waals surface area contributed by atoms with Crippen LogP contribution in [0.15, 0.2) is 36.4 Å². The van der Waals surface area contributed by atoms with E-state index >= 15 is 0 Å². The zero-order chi connectivity index (χ0) is 12.8. The largest absolute Gasteiger partial charge is 0.490 e. The van der Waals surface area contributed by atoms with Gasteiger partial charge < -0.3 is 9.47 Å². The Bertz CT molecular complexity index is 405. The molecule has 0 radical (unpaired) electrons. The Labute approximate surface area is 110 Å². The van der Waals surface area contributed by atoms with Crippen LogP contribution >= 0.6 is 0 Å². The van der Waals surface area contributed by atoms with Gasteiger partial charge in [-0.25, -0.2) is 0 Å². The summed E-state index contributed by atoms with van der Waals surface area (Å²) in [5.41, 5.74) is 1.29. The van der Waals surface area contributed by atoms with Crippen molar-refractivity contribution >= 4 is 0 Å². The lowest BCUT2D eigenvalue weighted by atomic mass is 10.1. The minimum Gasteiger partial charge on any atom is -0.490 e. The maximum Gasteiger partial charge on any atom is 0.123 e. The molecule has 98 valence electrons. The fraction of sp³-hybridized carbons (Fsp3) is 0.500. The SMILES string of the molecule is CC/C=C/CCc1cccc(OCC2(C)CO2)c1. The van der Waals surface area contributed by atoms with Crippen molar-refractivity contribution in [1.29, 1.82) is 0 Å². The number of hydrogen-bond acceptors (Lipinski definition) is 2. The van der Waals surface area contributed by atoms with Gasteiger partial charge in [-0.15, -0.1) is 0 Å². The molecule has 1 saturated heterocycles. The van der Waals surface area contributed by atoms with Crippen molar-refractivity contribution in [2.75, 3.05) is 13.2 Å². The molecular formula is C16H22O2. The molecule has 1 aromatic carbocycles. The predicted octanol–water partition coefficient (Wildman–Crippen LogP) is 3.75. The molecule has 0 N–H and O–H groups in total. The summed E-state index contributed by atoms with van der Waals surface area (Å²) in [5.74, 6) is 0.948. The molecule has 1 fully saturated rings. The normalized spacial score (nSPS) is 22.3. The van der Waals surface area contributed by atoms with Crippen LogP contribution in [0.3, 0.4) is 0 Å². The Kier molecular flexibility index (Phi) is 4.43. The first-order valence-electron chi connectivity index (χ1n) is 6.72. The maximum absolute atomic E-state index is 5.76. The van der Waals surface area contributed by atoms with E-state index in [1.165, 1.54) is 5.56 Å². The monoisotopic (exact) mass is 246 g/mol. The molecule has 0 spiro atoms. The average molecular weight is 246 g/mol. The second kappa shape index (κ2) is 6.05. The lowest BCUT2D eigenvalue weighted by Crippen LogP contribution is -2.16. The summed E-state index contributed by atoms with van der Waals surface area (Å²) in [4.78, 5) is 0. The molecule has 0 amide bonds. The van der Waals surface area contributed by atoms with Gasteiger partial charge in [0, 0.05) is 0 Å². The number of aryl methyl sites for hydroxylation is 1. The van der Waals surface area contributed by atoms with E-state index in [9.17, 15) is 0 Å². The molecule has 0 aromatic heterocycles. The van der Waals surface area contributed by atoms with Gasteiger partial charge >= 0.3 is 0 Å². The highest BCUT2D eigenvalue weighted by Crippen LogP contribution is 2.27. The Morgan fingerprint density at radius 3 is 2.94 bits per heavy atom. The molecule has 1 aromatic rings. The van der Waals surface area contributed by atoms with E-state index in [2.05, 4.69) is 44.2 Å². The zero-order valence-corrected chi connectivity index (χ0v) is 11.3. The van der Waals surface area contributed by atoms with Crippen LogP contribution in [-0.4, -0.2) is 18.8 Å². The standard InChI is InChI=1S/C16H22O2/c1-3-4-5-6-8-14-9-7-10-15(11-14)17-12-16(2)13-18-16/h4-5,7,9-11H,3,6,8,12-13H2,1-2H3/b5-4+. The van der Waals surface area contributed by atoms with Gasteiger partial charge in [0.25, 0.3) is 0 Å². The number of hydrogen-bond donors (Lipinski definition) is 0. The number of rotatable bonds is 7. The van der Waals surface area contributed by atoms with Crippen molar-refractivity contribution in [3.8, 4) is 5.75 Å². The zero-order valence-electron chi connectivity index (χ0n) is 11.3. The highest BCUT2D eigenvalue weighted by molar-refractivity contribution is 5.29. The Morgan fingerprint density at radius 1 is 1.39 bits per heavy atom. The van der Waals surface area contributed by atoms with E-state index in [1.54, 1.807) is 0 Å². The molecular weight excluding hydrogens is 224 g/mol. The molecule has 1 unspecified atom stereocenters. The van der Waals surface area contributed by atoms with Crippen LogP contribution in [0.1, 0.15) is 32.3 Å². The van der Waals surface area contributed by atoms with Crippen LogP contribution in [0.4, 0.5) is 0 Å². The van der Waals surface area contributed by atoms with Crippen molar-refractivity contribution in [3.63, 3.8) is 0 Å². The van der Waals surface area contributed by atoms with E-state index in [4.69, 9.17) is 9.47 Å². The summed E-state index contributed by atoms with van der Waals surface area (Å²) in [6, 6.07) is 8.36. The summed E-state index contributed by atoms with van der Waals surface area (Å²) in [7, 11) is 0. The van der Waals surface area contributed by atoms with E-state index in [0.717, 1.165) is 31.6 Å². The van der Waals surface area contributed by atoms with Crippen molar-refractivity contribution in [3.05, 3.63) is 42.0 Å². The van der Waals surface area contributed by atoms with E-state index in [1.807, 2.05) is 6.07 Å². The van der Waals surface area contributed by atoms with Crippen LogP contribution in [0.25, 0.3) is 0 Å². The molecule has 1 aliphatic heterocycles. The number of ether oxygens (including phenoxy) is 2. The molecule has 2 heteroatoms. The van der Waals surface area contributed by atoms with Gasteiger partial charge in [-0.05, 0) is 43.9 Å². The van der Waals surface area contributed by atoms with Crippen molar-refractivity contribution < 1.29 is 9.47 Å². The lowest BCUT2D eigenvalue weighted by Gasteiger charge is -2.09. The average Bonchev–Trinajstić information content (AvgIpc) is 3.12. The fourth-order valence-electron chi connectivity index (χ4n) is 1.77. The summed E-state index contributed by atoms with van der Waals surface area (Å²) in [5, 5.41) is 0. The minimum absolute atomic E-state index is 0.0418. The molecule has 1 aliphatic rings. The van der Waals surface area contributed by atoms with Crippen LogP contribution in [0.2, 0.25) is 0 Å². The van der Waals surface area contributed by atoms with Crippen LogP contribution in [0.5, 0.6) is 5.75 Å². The highest BCUT2D eigenvalue weighted by Gasteiger charge is 2.40. The van der Waals surface area contributed by atoms with Crippen LogP contribution < -0.4 is 4.74 Å². The van der Waals surface area contributed by atoms with Gasteiger partial charge in [0.2, 0.25) is 0 Å². The van der Waals surface area contributed by atoms with Crippen molar-refractivity contribution in [1.82, 2.24) is 0 Å². The Hall–Kier alpha value is -1.28. The Balaban J connectivity index is 1.82. The smallest absolute Gasteiger partial charge is 0.123 e. The highest BCUT2D eigenvalue weighted by atomic mass is 16.6.